The van der Waals surface area contributed by atoms with E-state index in [1.807, 2.05) is 0 Å². The molecule has 1 saturated heterocycles. The van der Waals surface area contributed by atoms with Crippen molar-refractivity contribution in [3.05, 3.63) is 29.6 Å². The van der Waals surface area contributed by atoms with Gasteiger partial charge in [0.25, 0.3) is 0 Å². The van der Waals surface area contributed by atoms with Crippen molar-refractivity contribution >= 4 is 10.0 Å². The van der Waals surface area contributed by atoms with E-state index in [4.69, 9.17) is 4.74 Å². The van der Waals surface area contributed by atoms with Crippen molar-refractivity contribution in [2.75, 3.05) is 19.8 Å². The summed E-state index contributed by atoms with van der Waals surface area (Å²) in [5.74, 6) is -0.642. The minimum absolute atomic E-state index is 0.177. The molecule has 1 unspecified atom stereocenters. The predicted molar refractivity (Wildman–Crippen MR) is 66.5 cm³/mol. The van der Waals surface area contributed by atoms with Gasteiger partial charge in [-0.15, -0.1) is 0 Å². The zero-order chi connectivity index (χ0) is 14.0. The number of halogens is 1. The Kier molecular flexibility index (Phi) is 4.19. The summed E-state index contributed by atoms with van der Waals surface area (Å²) in [5, 5.41) is 9.21. The Morgan fingerprint density at radius 2 is 2.26 bits per heavy atom. The maximum atomic E-state index is 13.3. The number of ether oxygens (including phenoxy) is 1. The zero-order valence-electron chi connectivity index (χ0n) is 10.5. The van der Waals surface area contributed by atoms with Gasteiger partial charge in [-0.1, -0.05) is 6.07 Å². The Morgan fingerprint density at radius 3 is 2.89 bits per heavy atom. The Morgan fingerprint density at radius 1 is 1.53 bits per heavy atom. The number of benzene rings is 1. The van der Waals surface area contributed by atoms with Crippen molar-refractivity contribution in [1.82, 2.24) is 4.31 Å². The first-order valence-electron chi connectivity index (χ1n) is 5.95. The molecular weight excluding hydrogens is 273 g/mol. The molecule has 1 aromatic rings. The molecule has 2 rings (SSSR count). The van der Waals surface area contributed by atoms with Gasteiger partial charge >= 0.3 is 0 Å². The summed E-state index contributed by atoms with van der Waals surface area (Å²) in [5.41, 5.74) is 0.195. The van der Waals surface area contributed by atoms with Crippen LogP contribution in [0.15, 0.2) is 23.1 Å². The van der Waals surface area contributed by atoms with Crippen molar-refractivity contribution in [2.45, 2.75) is 24.5 Å². The smallest absolute Gasteiger partial charge is 0.243 e. The van der Waals surface area contributed by atoms with Crippen molar-refractivity contribution in [3.63, 3.8) is 0 Å². The van der Waals surface area contributed by atoms with E-state index in [1.54, 1.807) is 6.92 Å². The van der Waals surface area contributed by atoms with Gasteiger partial charge in [0.05, 0.1) is 24.7 Å². The average Bonchev–Trinajstić information content (AvgIpc) is 2.39. The van der Waals surface area contributed by atoms with Gasteiger partial charge in [-0.25, -0.2) is 12.8 Å². The summed E-state index contributed by atoms with van der Waals surface area (Å²) in [6, 6.07) is 3.05. The first-order valence-corrected chi connectivity index (χ1v) is 7.39. The molecule has 0 aliphatic carbocycles. The second-order valence-corrected chi connectivity index (χ2v) is 6.31. The second-order valence-electron chi connectivity index (χ2n) is 4.45. The summed E-state index contributed by atoms with van der Waals surface area (Å²) in [4.78, 5) is -0.177. The SMILES string of the molecule is CC1COCCN1S(=O)(=O)c1cc(F)ccc1CO. The van der Waals surface area contributed by atoms with E-state index in [0.29, 0.717) is 13.2 Å². The number of hydrogen-bond donors (Lipinski definition) is 1. The molecule has 1 aromatic carbocycles. The van der Waals surface area contributed by atoms with Gasteiger partial charge in [0.2, 0.25) is 10.0 Å². The van der Waals surface area contributed by atoms with Crippen LogP contribution in [-0.4, -0.2) is 43.6 Å². The minimum atomic E-state index is -3.82. The van der Waals surface area contributed by atoms with Gasteiger partial charge in [0.1, 0.15) is 5.82 Å². The first-order chi connectivity index (χ1) is 8.96. The summed E-state index contributed by atoms with van der Waals surface area (Å²) in [7, 11) is -3.82. The van der Waals surface area contributed by atoms with E-state index in [-0.39, 0.29) is 23.0 Å². The molecule has 1 aliphatic heterocycles. The molecule has 5 nitrogen and oxygen atoms in total. The molecule has 1 aliphatic rings. The molecule has 1 atom stereocenters. The van der Waals surface area contributed by atoms with E-state index in [0.717, 1.165) is 12.1 Å². The molecule has 0 radical (unpaired) electrons. The summed E-state index contributed by atoms with van der Waals surface area (Å²) in [6.45, 7) is 2.13. The molecule has 106 valence electrons. The van der Waals surface area contributed by atoms with Crippen LogP contribution in [0.3, 0.4) is 0 Å². The van der Waals surface area contributed by atoms with Gasteiger partial charge < -0.3 is 9.84 Å². The lowest BCUT2D eigenvalue weighted by molar-refractivity contribution is 0.0392. The molecule has 0 amide bonds. The van der Waals surface area contributed by atoms with Crippen molar-refractivity contribution in [2.24, 2.45) is 0 Å². The highest BCUT2D eigenvalue weighted by molar-refractivity contribution is 7.89. The number of sulfonamides is 1. The van der Waals surface area contributed by atoms with Crippen LogP contribution in [0.2, 0.25) is 0 Å². The predicted octanol–water partition coefficient (Wildman–Crippen LogP) is 0.727. The lowest BCUT2D eigenvalue weighted by Crippen LogP contribution is -2.47. The minimum Gasteiger partial charge on any atom is -0.392 e. The van der Waals surface area contributed by atoms with E-state index in [1.165, 1.54) is 10.4 Å². The fraction of sp³-hybridized carbons (Fsp3) is 0.500. The fourth-order valence-electron chi connectivity index (χ4n) is 2.09. The standard InChI is InChI=1S/C12H16FNO4S/c1-9-8-18-5-4-14(9)19(16,17)12-6-11(13)3-2-10(12)7-15/h2-3,6,9,15H,4-5,7-8H2,1H3. The molecule has 0 saturated carbocycles. The van der Waals surface area contributed by atoms with E-state index >= 15 is 0 Å². The maximum absolute atomic E-state index is 13.3. The van der Waals surface area contributed by atoms with Gasteiger partial charge in [0, 0.05) is 12.6 Å². The molecule has 7 heteroatoms. The second kappa shape index (κ2) is 5.54. The number of nitrogens with zero attached hydrogens (tertiary/aromatic N) is 1. The zero-order valence-corrected chi connectivity index (χ0v) is 11.4. The summed E-state index contributed by atoms with van der Waals surface area (Å²) >= 11 is 0. The number of rotatable bonds is 3. The monoisotopic (exact) mass is 289 g/mol. The Balaban J connectivity index is 2.46. The Labute approximate surface area is 111 Å². The molecule has 0 aromatic heterocycles. The van der Waals surface area contributed by atoms with E-state index in [9.17, 15) is 17.9 Å². The van der Waals surface area contributed by atoms with Crippen molar-refractivity contribution < 1.29 is 22.7 Å². The molecular formula is C12H16FNO4S. The highest BCUT2D eigenvalue weighted by atomic mass is 32.2. The highest BCUT2D eigenvalue weighted by Crippen LogP contribution is 2.24. The molecule has 1 heterocycles. The van der Waals surface area contributed by atoms with Crippen LogP contribution in [0.1, 0.15) is 12.5 Å². The number of aliphatic hydroxyl groups is 1. The molecule has 0 spiro atoms. The first kappa shape index (κ1) is 14.4. The van der Waals surface area contributed by atoms with Crippen LogP contribution in [-0.2, 0) is 21.4 Å². The molecule has 19 heavy (non-hydrogen) atoms. The maximum Gasteiger partial charge on any atom is 0.243 e. The molecule has 1 N–H and O–H groups in total. The third-order valence-corrected chi connectivity index (χ3v) is 5.19. The highest BCUT2D eigenvalue weighted by Gasteiger charge is 2.33. The Hall–Kier alpha value is -1.02. The van der Waals surface area contributed by atoms with Crippen LogP contribution in [0.5, 0.6) is 0 Å². The quantitative estimate of drug-likeness (QED) is 0.890. The lowest BCUT2D eigenvalue weighted by atomic mass is 10.2. The number of hydrogen-bond acceptors (Lipinski definition) is 4. The Bertz CT molecular complexity index is 561. The van der Waals surface area contributed by atoms with Crippen LogP contribution >= 0.6 is 0 Å². The number of morpholine rings is 1. The van der Waals surface area contributed by atoms with Crippen molar-refractivity contribution in [1.29, 1.82) is 0 Å². The van der Waals surface area contributed by atoms with Crippen LogP contribution in [0.4, 0.5) is 4.39 Å². The summed E-state index contributed by atoms with van der Waals surface area (Å²) < 4.78 is 44.8. The van der Waals surface area contributed by atoms with Gasteiger partial charge in [0.15, 0.2) is 0 Å². The third-order valence-electron chi connectivity index (χ3n) is 3.09. The topological polar surface area (TPSA) is 66.8 Å². The van der Waals surface area contributed by atoms with Crippen LogP contribution < -0.4 is 0 Å². The van der Waals surface area contributed by atoms with Gasteiger partial charge in [-0.05, 0) is 24.6 Å². The van der Waals surface area contributed by atoms with Crippen molar-refractivity contribution in [3.8, 4) is 0 Å². The third kappa shape index (κ3) is 2.79. The van der Waals surface area contributed by atoms with Gasteiger partial charge in [-0.2, -0.15) is 4.31 Å². The number of aliphatic hydroxyl groups excluding tert-OH is 1. The van der Waals surface area contributed by atoms with Gasteiger partial charge in [-0.3, -0.25) is 0 Å². The molecule has 0 bridgehead atoms. The van der Waals surface area contributed by atoms with E-state index in [2.05, 4.69) is 0 Å². The largest absolute Gasteiger partial charge is 0.392 e. The fourth-order valence-corrected chi connectivity index (χ4v) is 3.92. The van der Waals surface area contributed by atoms with Crippen LogP contribution in [0.25, 0.3) is 0 Å². The lowest BCUT2D eigenvalue weighted by Gasteiger charge is -2.32. The van der Waals surface area contributed by atoms with Crippen LogP contribution in [0, 0.1) is 5.82 Å². The average molecular weight is 289 g/mol. The van der Waals surface area contributed by atoms with E-state index < -0.39 is 22.4 Å². The molecule has 1 fully saturated rings. The summed E-state index contributed by atoms with van der Waals surface area (Å²) in [6.07, 6.45) is 0. The normalized spacial score (nSPS) is 21.5.